The van der Waals surface area contributed by atoms with Gasteiger partial charge in [-0.15, -0.1) is 5.10 Å². The van der Waals surface area contributed by atoms with Crippen molar-refractivity contribution in [3.63, 3.8) is 0 Å². The molecule has 1 aliphatic rings. The van der Waals surface area contributed by atoms with Crippen LogP contribution < -0.4 is 10.4 Å². The highest BCUT2D eigenvalue weighted by Gasteiger charge is 2.28. The van der Waals surface area contributed by atoms with Crippen molar-refractivity contribution in [3.05, 3.63) is 40.3 Å². The number of rotatable bonds is 6. The number of hydrogen-bond donors (Lipinski definition) is 1. The molecule has 1 aromatic heterocycles. The van der Waals surface area contributed by atoms with Crippen LogP contribution in [-0.4, -0.2) is 33.4 Å². The number of benzene rings is 1. The van der Waals surface area contributed by atoms with Crippen molar-refractivity contribution < 1.29 is 9.53 Å². The summed E-state index contributed by atoms with van der Waals surface area (Å²) < 4.78 is 6.75. The first kappa shape index (κ1) is 13.9. The summed E-state index contributed by atoms with van der Waals surface area (Å²) >= 11 is 1.28. The molecule has 1 aliphatic carbocycles. The smallest absolute Gasteiger partial charge is 0.344 e. The average Bonchev–Trinajstić information content (AvgIpc) is 3.28. The number of carbonyl (C=O) groups is 1. The molecule has 1 saturated carbocycles. The largest absolute Gasteiger partial charge is 0.497 e. The zero-order chi connectivity index (χ0) is 14.8. The summed E-state index contributed by atoms with van der Waals surface area (Å²) in [6.45, 7) is 0. The predicted molar refractivity (Wildman–Crippen MR) is 79.2 cm³/mol. The van der Waals surface area contributed by atoms with Crippen molar-refractivity contribution in [1.82, 2.24) is 14.8 Å². The Kier molecular flexibility index (Phi) is 3.83. The van der Waals surface area contributed by atoms with Gasteiger partial charge in [0.2, 0.25) is 0 Å². The standard InChI is InChI=1S/C14H15N3O3S/c1-20-11-4-2-3-9(7-11)12(18)8-21-14-16-15-13(19)17(14)10-5-6-10/h2-4,7,10H,5-6,8H2,1H3,(H,15,19). The van der Waals surface area contributed by atoms with Gasteiger partial charge in [0.15, 0.2) is 10.9 Å². The lowest BCUT2D eigenvalue weighted by Gasteiger charge is -2.04. The van der Waals surface area contributed by atoms with E-state index in [-0.39, 0.29) is 23.3 Å². The number of methoxy groups -OCH3 is 1. The predicted octanol–water partition coefficient (Wildman–Crippen LogP) is 1.89. The number of H-pyrrole nitrogens is 1. The first-order chi connectivity index (χ1) is 10.2. The van der Waals surface area contributed by atoms with Crippen LogP contribution in [0.5, 0.6) is 5.75 Å². The summed E-state index contributed by atoms with van der Waals surface area (Å²) in [7, 11) is 1.57. The first-order valence-corrected chi connectivity index (χ1v) is 7.64. The Balaban J connectivity index is 1.70. The van der Waals surface area contributed by atoms with E-state index >= 15 is 0 Å². The molecular formula is C14H15N3O3S. The van der Waals surface area contributed by atoms with Crippen molar-refractivity contribution in [1.29, 1.82) is 0 Å². The molecule has 0 bridgehead atoms. The minimum Gasteiger partial charge on any atom is -0.497 e. The van der Waals surface area contributed by atoms with E-state index in [0.29, 0.717) is 16.5 Å². The van der Waals surface area contributed by atoms with E-state index in [1.54, 1.807) is 35.9 Å². The summed E-state index contributed by atoms with van der Waals surface area (Å²) in [5.41, 5.74) is 0.395. The van der Waals surface area contributed by atoms with E-state index in [1.165, 1.54) is 11.8 Å². The Morgan fingerprint density at radius 2 is 2.33 bits per heavy atom. The number of ketones is 1. The number of carbonyl (C=O) groups excluding carboxylic acids is 1. The van der Waals surface area contributed by atoms with Crippen LogP contribution in [0, 0.1) is 0 Å². The number of ether oxygens (including phenoxy) is 1. The Labute approximate surface area is 125 Å². The van der Waals surface area contributed by atoms with E-state index < -0.39 is 0 Å². The molecule has 6 nitrogen and oxygen atoms in total. The van der Waals surface area contributed by atoms with E-state index in [0.717, 1.165) is 12.8 Å². The lowest BCUT2D eigenvalue weighted by atomic mass is 10.1. The third kappa shape index (κ3) is 3.02. The molecule has 0 saturated heterocycles. The van der Waals surface area contributed by atoms with Gasteiger partial charge in [-0.3, -0.25) is 9.36 Å². The molecule has 1 fully saturated rings. The molecule has 0 spiro atoms. The van der Waals surface area contributed by atoms with Gasteiger partial charge in [0.1, 0.15) is 5.75 Å². The van der Waals surface area contributed by atoms with Gasteiger partial charge in [-0.1, -0.05) is 23.9 Å². The summed E-state index contributed by atoms with van der Waals surface area (Å²) in [6, 6.07) is 7.28. The Hall–Kier alpha value is -2.02. The molecule has 1 aromatic carbocycles. The first-order valence-electron chi connectivity index (χ1n) is 6.66. The van der Waals surface area contributed by atoms with Gasteiger partial charge >= 0.3 is 5.69 Å². The van der Waals surface area contributed by atoms with Crippen molar-refractivity contribution in [2.24, 2.45) is 0 Å². The molecule has 0 aliphatic heterocycles. The van der Waals surface area contributed by atoms with Gasteiger partial charge in [-0.2, -0.15) is 0 Å². The molecule has 0 radical (unpaired) electrons. The lowest BCUT2D eigenvalue weighted by Crippen LogP contribution is -2.16. The fraction of sp³-hybridized carbons (Fsp3) is 0.357. The highest BCUT2D eigenvalue weighted by Crippen LogP contribution is 2.36. The average molecular weight is 305 g/mol. The highest BCUT2D eigenvalue weighted by molar-refractivity contribution is 7.99. The van der Waals surface area contributed by atoms with Crippen molar-refractivity contribution in [3.8, 4) is 5.75 Å². The molecule has 110 valence electrons. The quantitative estimate of drug-likeness (QED) is 0.651. The molecule has 1 heterocycles. The van der Waals surface area contributed by atoms with E-state index in [1.807, 2.05) is 0 Å². The number of aromatic nitrogens is 3. The molecule has 2 aromatic rings. The summed E-state index contributed by atoms with van der Waals surface area (Å²) in [5, 5.41) is 7.02. The maximum absolute atomic E-state index is 12.2. The van der Waals surface area contributed by atoms with E-state index in [2.05, 4.69) is 10.2 Å². The second kappa shape index (κ2) is 5.77. The topological polar surface area (TPSA) is 77.0 Å². The van der Waals surface area contributed by atoms with Gasteiger partial charge in [0.05, 0.1) is 12.9 Å². The molecule has 7 heteroatoms. The van der Waals surface area contributed by atoms with Gasteiger partial charge in [-0.05, 0) is 25.0 Å². The second-order valence-corrected chi connectivity index (χ2v) is 5.80. The second-order valence-electron chi connectivity index (χ2n) is 4.86. The van der Waals surface area contributed by atoms with Crippen molar-refractivity contribution in [2.75, 3.05) is 12.9 Å². The minimum absolute atomic E-state index is 0.0169. The van der Waals surface area contributed by atoms with Crippen LogP contribution in [0.3, 0.4) is 0 Å². The molecule has 0 atom stereocenters. The minimum atomic E-state index is -0.200. The van der Waals surface area contributed by atoms with Crippen molar-refractivity contribution in [2.45, 2.75) is 24.0 Å². The normalized spacial score (nSPS) is 14.1. The maximum Gasteiger partial charge on any atom is 0.344 e. The number of nitrogens with one attached hydrogen (secondary N) is 1. The van der Waals surface area contributed by atoms with Gasteiger partial charge in [0, 0.05) is 11.6 Å². The molecular weight excluding hydrogens is 290 g/mol. The highest BCUT2D eigenvalue weighted by atomic mass is 32.2. The summed E-state index contributed by atoms with van der Waals surface area (Å²) in [5.74, 6) is 0.877. The fourth-order valence-corrected chi connectivity index (χ4v) is 2.96. The maximum atomic E-state index is 12.2. The number of Topliss-reactive ketones (excluding diaryl/α,β-unsaturated/α-hetero) is 1. The van der Waals surface area contributed by atoms with Crippen LogP contribution in [0.4, 0.5) is 0 Å². The Morgan fingerprint density at radius 3 is 3.05 bits per heavy atom. The van der Waals surface area contributed by atoms with Crippen LogP contribution in [0.2, 0.25) is 0 Å². The molecule has 3 rings (SSSR count). The van der Waals surface area contributed by atoms with Crippen LogP contribution in [-0.2, 0) is 0 Å². The molecule has 0 amide bonds. The zero-order valence-electron chi connectivity index (χ0n) is 11.5. The zero-order valence-corrected chi connectivity index (χ0v) is 12.4. The van der Waals surface area contributed by atoms with E-state index in [4.69, 9.17) is 4.74 Å². The molecule has 21 heavy (non-hydrogen) atoms. The van der Waals surface area contributed by atoms with Gasteiger partial charge < -0.3 is 4.74 Å². The number of aromatic amines is 1. The van der Waals surface area contributed by atoms with Crippen LogP contribution in [0.15, 0.2) is 34.2 Å². The molecule has 0 unspecified atom stereocenters. The number of nitrogens with zero attached hydrogens (tertiary/aromatic N) is 2. The van der Waals surface area contributed by atoms with Crippen LogP contribution in [0.1, 0.15) is 29.2 Å². The SMILES string of the molecule is COc1cccc(C(=O)CSc2n[nH]c(=O)n2C2CC2)c1. The van der Waals surface area contributed by atoms with Gasteiger partial charge in [-0.25, -0.2) is 9.89 Å². The van der Waals surface area contributed by atoms with Crippen LogP contribution >= 0.6 is 11.8 Å². The lowest BCUT2D eigenvalue weighted by molar-refractivity contribution is 0.102. The monoisotopic (exact) mass is 305 g/mol. The summed E-state index contributed by atoms with van der Waals surface area (Å²) in [6.07, 6.45) is 1.99. The van der Waals surface area contributed by atoms with Crippen molar-refractivity contribution >= 4 is 17.5 Å². The summed E-state index contributed by atoms with van der Waals surface area (Å²) in [4.78, 5) is 23.8. The third-order valence-corrected chi connectivity index (χ3v) is 4.26. The molecule has 1 N–H and O–H groups in total. The fourth-order valence-electron chi connectivity index (χ4n) is 2.06. The number of hydrogen-bond acceptors (Lipinski definition) is 5. The number of thioether (sulfide) groups is 1. The Bertz CT molecular complexity index is 718. The van der Waals surface area contributed by atoms with Gasteiger partial charge in [0.25, 0.3) is 0 Å². The van der Waals surface area contributed by atoms with E-state index in [9.17, 15) is 9.59 Å². The Morgan fingerprint density at radius 1 is 1.52 bits per heavy atom. The van der Waals surface area contributed by atoms with Crippen LogP contribution in [0.25, 0.3) is 0 Å². The third-order valence-electron chi connectivity index (χ3n) is 3.31.